The standard InChI is InChI=1S/C17H25N3O4/c1-12-11-13(8-9-14(12)20(2)3)19-17(23)16(22)18-10-6-5-7-15(21)24-4/h8-9,11H,5-7,10H2,1-4H3,(H,18,22)(H,19,23). The van der Waals surface area contributed by atoms with Crippen molar-refractivity contribution in [3.8, 4) is 0 Å². The zero-order valence-corrected chi connectivity index (χ0v) is 14.6. The summed E-state index contributed by atoms with van der Waals surface area (Å²) in [5.74, 6) is -1.68. The first-order chi connectivity index (χ1) is 11.3. The average Bonchev–Trinajstić information content (AvgIpc) is 2.53. The normalized spacial score (nSPS) is 10.0. The highest BCUT2D eigenvalue weighted by Crippen LogP contribution is 2.21. The van der Waals surface area contributed by atoms with Gasteiger partial charge in [0.1, 0.15) is 0 Å². The van der Waals surface area contributed by atoms with E-state index in [1.165, 1.54) is 7.11 Å². The van der Waals surface area contributed by atoms with E-state index in [-0.39, 0.29) is 5.97 Å². The molecular formula is C17H25N3O4. The highest BCUT2D eigenvalue weighted by molar-refractivity contribution is 6.39. The van der Waals surface area contributed by atoms with Gasteiger partial charge >= 0.3 is 17.8 Å². The smallest absolute Gasteiger partial charge is 0.313 e. The van der Waals surface area contributed by atoms with Gasteiger partial charge < -0.3 is 20.3 Å². The number of esters is 1. The number of ether oxygens (including phenoxy) is 1. The molecule has 1 aromatic rings. The molecule has 0 aliphatic heterocycles. The van der Waals surface area contributed by atoms with Crippen molar-refractivity contribution in [2.45, 2.75) is 26.2 Å². The maximum atomic E-state index is 11.9. The van der Waals surface area contributed by atoms with Crippen molar-refractivity contribution in [2.75, 3.05) is 38.0 Å². The first kappa shape index (κ1) is 19.5. The van der Waals surface area contributed by atoms with Crippen LogP contribution in [-0.2, 0) is 19.1 Å². The number of rotatable bonds is 7. The zero-order chi connectivity index (χ0) is 18.1. The third kappa shape index (κ3) is 6.28. The van der Waals surface area contributed by atoms with Gasteiger partial charge in [-0.05, 0) is 43.5 Å². The minimum absolute atomic E-state index is 0.282. The van der Waals surface area contributed by atoms with Crippen LogP contribution in [0.25, 0.3) is 0 Å². The van der Waals surface area contributed by atoms with Crippen molar-refractivity contribution in [3.05, 3.63) is 23.8 Å². The Kier molecular flexibility index (Phi) is 7.74. The first-order valence-electron chi connectivity index (χ1n) is 7.79. The summed E-state index contributed by atoms with van der Waals surface area (Å²) in [5.41, 5.74) is 2.62. The number of unbranched alkanes of at least 4 members (excludes halogenated alkanes) is 1. The van der Waals surface area contributed by atoms with E-state index in [2.05, 4.69) is 15.4 Å². The molecular weight excluding hydrogens is 310 g/mol. The van der Waals surface area contributed by atoms with Crippen molar-refractivity contribution in [3.63, 3.8) is 0 Å². The molecule has 7 heteroatoms. The van der Waals surface area contributed by atoms with Crippen LogP contribution in [0.15, 0.2) is 18.2 Å². The number of nitrogens with zero attached hydrogens (tertiary/aromatic N) is 1. The molecule has 0 aromatic heterocycles. The van der Waals surface area contributed by atoms with Crippen molar-refractivity contribution in [1.82, 2.24) is 5.32 Å². The Morgan fingerprint density at radius 1 is 1.12 bits per heavy atom. The van der Waals surface area contributed by atoms with Gasteiger partial charge in [0.15, 0.2) is 0 Å². The molecule has 0 spiro atoms. The molecule has 0 bridgehead atoms. The second-order valence-corrected chi connectivity index (χ2v) is 5.64. The number of nitrogens with one attached hydrogen (secondary N) is 2. The summed E-state index contributed by atoms with van der Waals surface area (Å²) in [7, 11) is 5.21. The van der Waals surface area contributed by atoms with Crippen molar-refractivity contribution in [1.29, 1.82) is 0 Å². The van der Waals surface area contributed by atoms with Crippen LogP contribution >= 0.6 is 0 Å². The Hall–Kier alpha value is -2.57. The molecule has 0 aliphatic rings. The van der Waals surface area contributed by atoms with Gasteiger partial charge in [-0.3, -0.25) is 14.4 Å². The van der Waals surface area contributed by atoms with Gasteiger partial charge in [0.2, 0.25) is 0 Å². The van der Waals surface area contributed by atoms with E-state index in [1.807, 2.05) is 38.1 Å². The number of amides is 2. The van der Waals surface area contributed by atoms with Crippen LogP contribution in [0.3, 0.4) is 0 Å². The lowest BCUT2D eigenvalue weighted by molar-refractivity contribution is -0.140. The second kappa shape index (κ2) is 9.54. The number of hydrogen-bond acceptors (Lipinski definition) is 5. The average molecular weight is 335 g/mol. The maximum Gasteiger partial charge on any atom is 0.313 e. The van der Waals surface area contributed by atoms with Crippen LogP contribution in [0.5, 0.6) is 0 Å². The summed E-state index contributed by atoms with van der Waals surface area (Å²) in [6, 6.07) is 5.45. The molecule has 1 rings (SSSR count). The van der Waals surface area contributed by atoms with E-state index in [0.717, 1.165) is 11.3 Å². The molecule has 2 N–H and O–H groups in total. The Morgan fingerprint density at radius 2 is 1.83 bits per heavy atom. The lowest BCUT2D eigenvalue weighted by Gasteiger charge is -2.16. The molecule has 1 aromatic carbocycles. The molecule has 2 amide bonds. The first-order valence-corrected chi connectivity index (χ1v) is 7.79. The Morgan fingerprint density at radius 3 is 2.42 bits per heavy atom. The van der Waals surface area contributed by atoms with Crippen LogP contribution in [-0.4, -0.2) is 45.5 Å². The van der Waals surface area contributed by atoms with Gasteiger partial charge in [-0.1, -0.05) is 0 Å². The number of carbonyl (C=O) groups excluding carboxylic acids is 3. The maximum absolute atomic E-state index is 11.9. The Balaban J connectivity index is 2.40. The van der Waals surface area contributed by atoms with Crippen LogP contribution in [0.4, 0.5) is 11.4 Å². The van der Waals surface area contributed by atoms with Gasteiger partial charge in [0.05, 0.1) is 7.11 Å². The molecule has 0 unspecified atom stereocenters. The van der Waals surface area contributed by atoms with Crippen molar-refractivity contribution < 1.29 is 19.1 Å². The number of methoxy groups -OCH3 is 1. The van der Waals surface area contributed by atoms with Crippen molar-refractivity contribution >= 4 is 29.2 Å². The van der Waals surface area contributed by atoms with Gasteiger partial charge in [-0.2, -0.15) is 0 Å². The van der Waals surface area contributed by atoms with Gasteiger partial charge in [0, 0.05) is 38.4 Å². The summed E-state index contributed by atoms with van der Waals surface area (Å²) >= 11 is 0. The summed E-state index contributed by atoms with van der Waals surface area (Å²) in [4.78, 5) is 36.5. The van der Waals surface area contributed by atoms with Crippen LogP contribution in [0, 0.1) is 6.92 Å². The van der Waals surface area contributed by atoms with E-state index < -0.39 is 11.8 Å². The molecule has 7 nitrogen and oxygen atoms in total. The number of aryl methyl sites for hydroxylation is 1. The number of benzene rings is 1. The zero-order valence-electron chi connectivity index (χ0n) is 14.6. The van der Waals surface area contributed by atoms with Gasteiger partial charge in [0.25, 0.3) is 0 Å². The van der Waals surface area contributed by atoms with E-state index in [0.29, 0.717) is 31.5 Å². The molecule has 0 radical (unpaired) electrons. The summed E-state index contributed by atoms with van der Waals surface area (Å²) in [6.07, 6.45) is 1.50. The van der Waals surface area contributed by atoms with E-state index in [9.17, 15) is 14.4 Å². The topological polar surface area (TPSA) is 87.7 Å². The summed E-state index contributed by atoms with van der Waals surface area (Å²) in [6.45, 7) is 2.27. The monoisotopic (exact) mass is 335 g/mol. The highest BCUT2D eigenvalue weighted by atomic mass is 16.5. The van der Waals surface area contributed by atoms with Crippen LogP contribution in [0.1, 0.15) is 24.8 Å². The lowest BCUT2D eigenvalue weighted by atomic mass is 10.1. The molecule has 0 aliphatic carbocycles. The predicted molar refractivity (Wildman–Crippen MR) is 93.0 cm³/mol. The molecule has 0 heterocycles. The number of anilines is 2. The molecule has 0 saturated heterocycles. The minimum Gasteiger partial charge on any atom is -0.469 e. The quantitative estimate of drug-likeness (QED) is 0.447. The largest absolute Gasteiger partial charge is 0.469 e. The number of carbonyl (C=O) groups is 3. The minimum atomic E-state index is -0.708. The molecule has 132 valence electrons. The highest BCUT2D eigenvalue weighted by Gasteiger charge is 2.13. The summed E-state index contributed by atoms with van der Waals surface area (Å²) < 4.78 is 4.52. The van der Waals surface area contributed by atoms with Gasteiger partial charge in [-0.25, -0.2) is 0 Å². The van der Waals surface area contributed by atoms with Crippen molar-refractivity contribution in [2.24, 2.45) is 0 Å². The molecule has 0 fully saturated rings. The third-order valence-electron chi connectivity index (χ3n) is 3.46. The van der Waals surface area contributed by atoms with Crippen LogP contribution in [0.2, 0.25) is 0 Å². The molecule has 0 saturated carbocycles. The third-order valence-corrected chi connectivity index (χ3v) is 3.46. The van der Waals surface area contributed by atoms with E-state index >= 15 is 0 Å². The van der Waals surface area contributed by atoms with Crippen LogP contribution < -0.4 is 15.5 Å². The fraction of sp³-hybridized carbons (Fsp3) is 0.471. The van der Waals surface area contributed by atoms with E-state index in [4.69, 9.17) is 0 Å². The van der Waals surface area contributed by atoms with E-state index in [1.54, 1.807) is 6.07 Å². The fourth-order valence-electron chi connectivity index (χ4n) is 2.20. The summed E-state index contributed by atoms with van der Waals surface area (Å²) in [5, 5.41) is 5.10. The molecule has 0 atom stereocenters. The predicted octanol–water partition coefficient (Wildman–Crippen LogP) is 1.46. The number of hydrogen-bond donors (Lipinski definition) is 2. The second-order valence-electron chi connectivity index (χ2n) is 5.64. The SMILES string of the molecule is COC(=O)CCCCNC(=O)C(=O)Nc1ccc(N(C)C)c(C)c1. The Labute approximate surface area is 142 Å². The van der Waals surface area contributed by atoms with Gasteiger partial charge in [-0.15, -0.1) is 0 Å². The Bertz CT molecular complexity index is 599. The molecule has 24 heavy (non-hydrogen) atoms. The fourth-order valence-corrected chi connectivity index (χ4v) is 2.20. The lowest BCUT2D eigenvalue weighted by Crippen LogP contribution is -2.35.